The third kappa shape index (κ3) is 2.36. The third-order valence-corrected chi connectivity index (χ3v) is 0.960. The van der Waals surface area contributed by atoms with E-state index in [-0.39, 0.29) is 23.9 Å². The third-order valence-electron chi connectivity index (χ3n) is 0.668. The van der Waals surface area contributed by atoms with Crippen LogP contribution in [0.1, 0.15) is 0 Å². The molecule has 0 aliphatic heterocycles. The summed E-state index contributed by atoms with van der Waals surface area (Å²) in [6, 6.07) is 1.37. The topological polar surface area (TPSA) is 12.9 Å². The molecule has 1 nitrogen and oxygen atoms in total. The standard InChI is InChI=1S/C5H2ClFN.Li/c6-4-1-2-8-3-5(4)7;/h1-2H;/q-1;+1. The molecule has 1 rings (SSSR count). The number of hydrogen-bond donors (Lipinski definition) is 0. The van der Waals surface area contributed by atoms with Crippen LogP contribution in [0, 0.1) is 12.0 Å². The Hall–Kier alpha value is -0.0326. The summed E-state index contributed by atoms with van der Waals surface area (Å²) in [6.07, 6.45) is 3.43. The maximum absolute atomic E-state index is 12.1. The van der Waals surface area contributed by atoms with Crippen molar-refractivity contribution in [1.29, 1.82) is 0 Å². The first-order valence-corrected chi connectivity index (χ1v) is 2.36. The average molecular weight is 137 g/mol. The molecule has 0 unspecified atom stereocenters. The van der Waals surface area contributed by atoms with Gasteiger partial charge in [-0.2, -0.15) is 11.6 Å². The molecular formula is C5H2ClFLiN. The number of pyridine rings is 1. The summed E-state index contributed by atoms with van der Waals surface area (Å²) in [4.78, 5) is 3.36. The molecule has 0 bridgehead atoms. The molecule has 0 saturated carbocycles. The van der Waals surface area contributed by atoms with Gasteiger partial charge < -0.3 is 4.98 Å². The van der Waals surface area contributed by atoms with E-state index in [1.807, 2.05) is 0 Å². The maximum atomic E-state index is 12.1. The molecule has 4 heteroatoms. The van der Waals surface area contributed by atoms with Crippen molar-refractivity contribution in [3.05, 3.63) is 29.3 Å². The van der Waals surface area contributed by atoms with Gasteiger partial charge >= 0.3 is 18.9 Å². The van der Waals surface area contributed by atoms with Crippen LogP contribution in [0.2, 0.25) is 5.02 Å². The summed E-state index contributed by atoms with van der Waals surface area (Å²) in [7, 11) is 0. The van der Waals surface area contributed by atoms with Gasteiger partial charge in [-0.15, -0.1) is 6.07 Å². The molecule has 0 aliphatic rings. The zero-order valence-corrected chi connectivity index (χ0v) is 5.61. The Labute approximate surface area is 69.4 Å². The van der Waals surface area contributed by atoms with E-state index in [0.717, 1.165) is 0 Å². The van der Waals surface area contributed by atoms with E-state index in [2.05, 4.69) is 11.2 Å². The zero-order chi connectivity index (χ0) is 5.98. The van der Waals surface area contributed by atoms with E-state index >= 15 is 0 Å². The van der Waals surface area contributed by atoms with Gasteiger partial charge in [0, 0.05) is 5.82 Å². The predicted octanol–water partition coefficient (Wildman–Crippen LogP) is -1.32. The first kappa shape index (κ1) is 8.97. The van der Waals surface area contributed by atoms with Crippen LogP contribution in [-0.4, -0.2) is 4.98 Å². The van der Waals surface area contributed by atoms with Gasteiger partial charge in [0.25, 0.3) is 0 Å². The minimum absolute atomic E-state index is 0. The maximum Gasteiger partial charge on any atom is 1.00 e. The van der Waals surface area contributed by atoms with Gasteiger partial charge in [0.2, 0.25) is 0 Å². The molecule has 9 heavy (non-hydrogen) atoms. The van der Waals surface area contributed by atoms with Crippen LogP contribution in [0.5, 0.6) is 0 Å². The molecule has 0 amide bonds. The molecule has 0 spiro atoms. The van der Waals surface area contributed by atoms with E-state index in [1.54, 1.807) is 0 Å². The molecule has 1 heterocycles. The first-order valence-electron chi connectivity index (χ1n) is 1.98. The quantitative estimate of drug-likeness (QED) is 0.319. The zero-order valence-electron chi connectivity index (χ0n) is 4.86. The molecule has 0 saturated heterocycles. The Morgan fingerprint density at radius 3 is 2.67 bits per heavy atom. The molecule has 1 aromatic heterocycles. The predicted molar refractivity (Wildman–Crippen MR) is 28.0 cm³/mol. The van der Waals surface area contributed by atoms with Gasteiger partial charge in [0.05, 0.1) is 0 Å². The number of nitrogens with zero attached hydrogens (tertiary/aromatic N) is 1. The number of halogens is 2. The Bertz CT molecular complexity index is 173. The Kier molecular flexibility index (Phi) is 3.88. The van der Waals surface area contributed by atoms with Gasteiger partial charge in [-0.25, -0.2) is 4.39 Å². The summed E-state index contributed by atoms with van der Waals surface area (Å²) in [5, 5.41) is 0.0556. The minimum atomic E-state index is -0.603. The Balaban J connectivity index is 0.000000640. The second-order valence-electron chi connectivity index (χ2n) is 1.22. The van der Waals surface area contributed by atoms with Crippen LogP contribution in [0.4, 0.5) is 4.39 Å². The molecule has 0 atom stereocenters. The van der Waals surface area contributed by atoms with Crippen LogP contribution in [0.3, 0.4) is 0 Å². The molecule has 0 fully saturated rings. The van der Waals surface area contributed by atoms with Crippen molar-refractivity contribution in [2.45, 2.75) is 0 Å². The second-order valence-corrected chi connectivity index (χ2v) is 1.63. The SMILES string of the molecule is Fc1[c-]nccc1Cl.[Li+]. The summed E-state index contributed by atoms with van der Waals surface area (Å²) in [5.74, 6) is -0.603. The summed E-state index contributed by atoms with van der Waals surface area (Å²) >= 11 is 5.26. The smallest absolute Gasteiger partial charge is 0.391 e. The summed E-state index contributed by atoms with van der Waals surface area (Å²) in [5.41, 5.74) is 0. The normalized spacial score (nSPS) is 8.22. The van der Waals surface area contributed by atoms with Crippen molar-refractivity contribution in [3.8, 4) is 0 Å². The van der Waals surface area contributed by atoms with E-state index in [1.165, 1.54) is 12.3 Å². The fourth-order valence-electron chi connectivity index (χ4n) is 0.323. The first-order chi connectivity index (χ1) is 3.80. The Morgan fingerprint density at radius 2 is 2.33 bits per heavy atom. The number of hydrogen-bond acceptors (Lipinski definition) is 1. The molecule has 42 valence electrons. The summed E-state index contributed by atoms with van der Waals surface area (Å²) in [6.45, 7) is 0. The van der Waals surface area contributed by atoms with Gasteiger partial charge in [0.15, 0.2) is 0 Å². The van der Waals surface area contributed by atoms with Gasteiger partial charge in [0.1, 0.15) is 0 Å². The van der Waals surface area contributed by atoms with Crippen molar-refractivity contribution < 1.29 is 23.3 Å². The average Bonchev–Trinajstić information content (AvgIpc) is 1.77. The number of aromatic nitrogens is 1. The van der Waals surface area contributed by atoms with Crippen LogP contribution in [0.15, 0.2) is 12.3 Å². The molecular weight excluding hydrogens is 135 g/mol. The van der Waals surface area contributed by atoms with E-state index in [0.29, 0.717) is 0 Å². The van der Waals surface area contributed by atoms with Crippen LogP contribution in [-0.2, 0) is 0 Å². The van der Waals surface area contributed by atoms with Crippen LogP contribution >= 0.6 is 11.6 Å². The van der Waals surface area contributed by atoms with Crippen molar-refractivity contribution in [1.82, 2.24) is 4.98 Å². The van der Waals surface area contributed by atoms with Crippen LogP contribution < -0.4 is 18.9 Å². The second kappa shape index (κ2) is 3.89. The van der Waals surface area contributed by atoms with Gasteiger partial charge in [-0.05, 0) is 11.2 Å². The van der Waals surface area contributed by atoms with Crippen molar-refractivity contribution in [2.75, 3.05) is 0 Å². The summed E-state index contributed by atoms with van der Waals surface area (Å²) < 4.78 is 12.1. The Morgan fingerprint density at radius 1 is 1.67 bits per heavy atom. The van der Waals surface area contributed by atoms with Crippen molar-refractivity contribution in [3.63, 3.8) is 0 Å². The van der Waals surface area contributed by atoms with Crippen molar-refractivity contribution >= 4 is 11.6 Å². The van der Waals surface area contributed by atoms with E-state index < -0.39 is 5.82 Å². The molecule has 0 N–H and O–H groups in total. The van der Waals surface area contributed by atoms with Gasteiger partial charge in [-0.3, -0.25) is 0 Å². The molecule has 1 aromatic rings. The molecule has 0 radical (unpaired) electrons. The fraction of sp³-hybridized carbons (Fsp3) is 0. The van der Waals surface area contributed by atoms with Gasteiger partial charge in [-0.1, -0.05) is 6.20 Å². The number of rotatable bonds is 0. The van der Waals surface area contributed by atoms with Crippen molar-refractivity contribution in [2.24, 2.45) is 0 Å². The minimum Gasteiger partial charge on any atom is -0.391 e. The monoisotopic (exact) mass is 137 g/mol. The molecule has 0 aliphatic carbocycles. The fourth-order valence-corrected chi connectivity index (χ4v) is 0.422. The molecule has 0 aromatic carbocycles. The largest absolute Gasteiger partial charge is 1.00 e. The van der Waals surface area contributed by atoms with E-state index in [9.17, 15) is 4.39 Å². The van der Waals surface area contributed by atoms with Crippen LogP contribution in [0.25, 0.3) is 0 Å². The van der Waals surface area contributed by atoms with E-state index in [4.69, 9.17) is 11.6 Å².